The first kappa shape index (κ1) is 14.6. The minimum atomic E-state index is -1.01. The molecular formula is C15H12FNO4. The minimum Gasteiger partial charge on any atom is -0.619 e. The number of Topliss-reactive ketones (excluding diaryl/α,β-unsaturated/α-hetero) is 1. The number of hydrogen-bond donors (Lipinski definition) is 0. The van der Waals surface area contributed by atoms with E-state index in [2.05, 4.69) is 0 Å². The first-order chi connectivity index (χ1) is 9.97. The number of halogens is 1. The summed E-state index contributed by atoms with van der Waals surface area (Å²) in [6.45, 7) is 1.43. The highest BCUT2D eigenvalue weighted by molar-refractivity contribution is 6.01. The van der Waals surface area contributed by atoms with E-state index in [4.69, 9.17) is 4.74 Å². The van der Waals surface area contributed by atoms with Gasteiger partial charge in [0.1, 0.15) is 5.82 Å². The number of esters is 1. The predicted octanol–water partition coefficient (Wildman–Crippen LogP) is 1.89. The fourth-order valence-electron chi connectivity index (χ4n) is 1.68. The van der Waals surface area contributed by atoms with E-state index >= 15 is 0 Å². The highest BCUT2D eigenvalue weighted by Crippen LogP contribution is 2.10. The molecule has 0 spiro atoms. The first-order valence-corrected chi connectivity index (χ1v) is 6.17. The molecular weight excluding hydrogens is 277 g/mol. The van der Waals surface area contributed by atoms with E-state index in [1.165, 1.54) is 31.2 Å². The molecule has 1 aromatic carbocycles. The van der Waals surface area contributed by atoms with Crippen molar-refractivity contribution < 1.29 is 23.4 Å². The molecule has 0 bridgehead atoms. The van der Waals surface area contributed by atoms with Crippen LogP contribution in [0.2, 0.25) is 0 Å². The lowest BCUT2D eigenvalue weighted by atomic mass is 10.1. The van der Waals surface area contributed by atoms with Crippen molar-refractivity contribution in [3.63, 3.8) is 0 Å². The highest BCUT2D eigenvalue weighted by atomic mass is 19.1. The van der Waals surface area contributed by atoms with Crippen LogP contribution < -0.4 is 4.73 Å². The van der Waals surface area contributed by atoms with E-state index in [0.717, 1.165) is 24.5 Å². The lowest BCUT2D eigenvalue weighted by Crippen LogP contribution is -2.27. The second kappa shape index (κ2) is 6.13. The lowest BCUT2D eigenvalue weighted by Gasteiger charge is -2.12. The molecule has 1 aromatic heterocycles. The van der Waals surface area contributed by atoms with Crippen molar-refractivity contribution >= 4 is 11.8 Å². The number of rotatable bonds is 4. The second-order valence-corrected chi connectivity index (χ2v) is 4.37. The zero-order valence-corrected chi connectivity index (χ0v) is 11.2. The van der Waals surface area contributed by atoms with Crippen LogP contribution in [0.25, 0.3) is 0 Å². The van der Waals surface area contributed by atoms with E-state index in [1.54, 1.807) is 0 Å². The third kappa shape index (κ3) is 3.62. The Morgan fingerprint density at radius 2 is 1.67 bits per heavy atom. The zero-order valence-electron chi connectivity index (χ0n) is 11.2. The lowest BCUT2D eigenvalue weighted by molar-refractivity contribution is -0.605. The molecule has 108 valence electrons. The molecule has 0 aliphatic heterocycles. The Labute approximate surface area is 120 Å². The van der Waals surface area contributed by atoms with Crippen LogP contribution in [0.1, 0.15) is 27.6 Å². The van der Waals surface area contributed by atoms with Gasteiger partial charge in [-0.3, -0.25) is 4.79 Å². The fourth-order valence-corrected chi connectivity index (χ4v) is 1.68. The van der Waals surface area contributed by atoms with Gasteiger partial charge in [-0.2, -0.15) is 4.73 Å². The van der Waals surface area contributed by atoms with Crippen LogP contribution in [-0.2, 0) is 4.74 Å². The number of ether oxygens (including phenoxy) is 1. The summed E-state index contributed by atoms with van der Waals surface area (Å²) < 4.78 is 18.4. The van der Waals surface area contributed by atoms with Gasteiger partial charge in [-0.25, -0.2) is 9.18 Å². The standard InChI is InChI=1S/C15H12FNO4/c1-10(14(18)11-2-4-13(16)5-3-11)21-15(19)12-6-8-17(20)9-7-12/h2-10H,1H3/t10-/m1/s1. The molecule has 0 amide bonds. The van der Waals surface area contributed by atoms with Crippen LogP contribution in [0.4, 0.5) is 4.39 Å². The van der Waals surface area contributed by atoms with Gasteiger partial charge in [0.05, 0.1) is 5.56 Å². The van der Waals surface area contributed by atoms with E-state index < -0.39 is 23.7 Å². The van der Waals surface area contributed by atoms with Gasteiger partial charge in [-0.1, -0.05) is 0 Å². The maximum absolute atomic E-state index is 12.8. The molecule has 0 N–H and O–H groups in total. The van der Waals surface area contributed by atoms with Crippen molar-refractivity contribution in [3.8, 4) is 0 Å². The summed E-state index contributed by atoms with van der Waals surface area (Å²) in [6, 6.07) is 7.56. The molecule has 0 saturated heterocycles. The van der Waals surface area contributed by atoms with E-state index in [0.29, 0.717) is 4.73 Å². The average Bonchev–Trinajstić information content (AvgIpc) is 2.47. The smallest absolute Gasteiger partial charge is 0.339 e. The number of carbonyl (C=O) groups is 2. The molecule has 5 nitrogen and oxygen atoms in total. The van der Waals surface area contributed by atoms with Crippen LogP contribution in [0, 0.1) is 11.0 Å². The average molecular weight is 289 g/mol. The molecule has 2 aromatic rings. The first-order valence-electron chi connectivity index (χ1n) is 6.17. The maximum atomic E-state index is 12.8. The third-order valence-electron chi connectivity index (χ3n) is 2.82. The predicted molar refractivity (Wildman–Crippen MR) is 71.0 cm³/mol. The summed E-state index contributed by atoms with van der Waals surface area (Å²) >= 11 is 0. The summed E-state index contributed by atoms with van der Waals surface area (Å²) in [5.41, 5.74) is 0.419. The van der Waals surface area contributed by atoms with Crippen molar-refractivity contribution in [1.82, 2.24) is 0 Å². The molecule has 0 radical (unpaired) electrons. The van der Waals surface area contributed by atoms with Crippen molar-refractivity contribution in [2.24, 2.45) is 0 Å². The SMILES string of the molecule is C[C@@H](OC(=O)c1cc[n+]([O-])cc1)C(=O)c1ccc(F)cc1. The van der Waals surface area contributed by atoms with Gasteiger partial charge in [-0.15, -0.1) is 0 Å². The zero-order chi connectivity index (χ0) is 15.4. The largest absolute Gasteiger partial charge is 0.619 e. The molecule has 0 fully saturated rings. The fraction of sp³-hybridized carbons (Fsp3) is 0.133. The summed E-state index contributed by atoms with van der Waals surface area (Å²) in [5.74, 6) is -1.59. The van der Waals surface area contributed by atoms with Gasteiger partial charge >= 0.3 is 5.97 Å². The van der Waals surface area contributed by atoms with Crippen molar-refractivity contribution in [2.45, 2.75) is 13.0 Å². The number of pyridine rings is 1. The maximum Gasteiger partial charge on any atom is 0.339 e. The van der Waals surface area contributed by atoms with Gasteiger partial charge in [0.25, 0.3) is 0 Å². The third-order valence-corrected chi connectivity index (χ3v) is 2.82. The molecule has 1 atom stereocenters. The Bertz CT molecular complexity index is 652. The van der Waals surface area contributed by atoms with Gasteiger partial charge in [-0.05, 0) is 31.2 Å². The number of benzene rings is 1. The van der Waals surface area contributed by atoms with Crippen LogP contribution >= 0.6 is 0 Å². The summed E-state index contributed by atoms with van der Waals surface area (Å²) in [6.07, 6.45) is 1.30. The van der Waals surface area contributed by atoms with Crippen molar-refractivity contribution in [1.29, 1.82) is 0 Å². The quantitative estimate of drug-likeness (QED) is 0.373. The van der Waals surface area contributed by atoms with Crippen LogP contribution in [0.5, 0.6) is 0 Å². The Morgan fingerprint density at radius 3 is 2.24 bits per heavy atom. The Morgan fingerprint density at radius 1 is 1.10 bits per heavy atom. The number of ketones is 1. The van der Waals surface area contributed by atoms with E-state index in [1.807, 2.05) is 0 Å². The second-order valence-electron chi connectivity index (χ2n) is 4.37. The minimum absolute atomic E-state index is 0.167. The van der Waals surface area contributed by atoms with Gasteiger partial charge in [0.15, 0.2) is 18.5 Å². The molecule has 0 aliphatic carbocycles. The molecule has 2 rings (SSSR count). The molecule has 1 heterocycles. The number of nitrogens with zero attached hydrogens (tertiary/aromatic N) is 1. The van der Waals surface area contributed by atoms with Crippen molar-refractivity contribution in [2.75, 3.05) is 0 Å². The van der Waals surface area contributed by atoms with Crippen LogP contribution in [-0.4, -0.2) is 17.9 Å². The highest BCUT2D eigenvalue weighted by Gasteiger charge is 2.20. The Kier molecular flexibility index (Phi) is 4.27. The van der Waals surface area contributed by atoms with Crippen LogP contribution in [0.3, 0.4) is 0 Å². The number of hydrogen-bond acceptors (Lipinski definition) is 4. The van der Waals surface area contributed by atoms with Crippen molar-refractivity contribution in [3.05, 3.63) is 70.9 Å². The molecule has 0 unspecified atom stereocenters. The number of carbonyl (C=O) groups excluding carboxylic acids is 2. The molecule has 21 heavy (non-hydrogen) atoms. The molecule has 6 heteroatoms. The Hall–Kier alpha value is -2.76. The normalized spacial score (nSPS) is 11.7. The molecule has 0 aliphatic rings. The van der Waals surface area contributed by atoms with E-state index in [-0.39, 0.29) is 11.1 Å². The van der Waals surface area contributed by atoms with Gasteiger partial charge in [0, 0.05) is 17.7 Å². The van der Waals surface area contributed by atoms with Crippen LogP contribution in [0.15, 0.2) is 48.8 Å². The molecule has 0 saturated carbocycles. The topological polar surface area (TPSA) is 70.3 Å². The summed E-state index contributed by atoms with van der Waals surface area (Å²) in [7, 11) is 0. The van der Waals surface area contributed by atoms with E-state index in [9.17, 15) is 19.2 Å². The van der Waals surface area contributed by atoms with Gasteiger partial charge < -0.3 is 9.94 Å². The summed E-state index contributed by atoms with van der Waals surface area (Å²) in [5, 5.41) is 10.9. The van der Waals surface area contributed by atoms with Gasteiger partial charge in [0.2, 0.25) is 5.78 Å². The number of aromatic nitrogens is 1. The monoisotopic (exact) mass is 289 g/mol. The summed E-state index contributed by atoms with van der Waals surface area (Å²) in [4.78, 5) is 23.8. The Balaban J connectivity index is 2.05.